The van der Waals surface area contributed by atoms with Gasteiger partial charge in [-0.3, -0.25) is 9.69 Å². The summed E-state index contributed by atoms with van der Waals surface area (Å²) >= 11 is 0. The van der Waals surface area contributed by atoms with Crippen LogP contribution in [0.25, 0.3) is 0 Å². The lowest BCUT2D eigenvalue weighted by molar-refractivity contribution is 0.0954. The zero-order chi connectivity index (χ0) is 23.9. The number of amides is 1. The maximum atomic E-state index is 13.4. The average Bonchev–Trinajstić information content (AvgIpc) is 2.86. The number of aromatic hydroxyl groups is 1. The lowest BCUT2D eigenvalue weighted by Crippen LogP contribution is -2.33. The summed E-state index contributed by atoms with van der Waals surface area (Å²) in [5.74, 6) is -0.783. The van der Waals surface area contributed by atoms with Gasteiger partial charge in [0.15, 0.2) is 11.6 Å². The third-order valence-corrected chi connectivity index (χ3v) is 5.67. The molecule has 0 saturated carbocycles. The van der Waals surface area contributed by atoms with E-state index in [4.69, 9.17) is 9.47 Å². The number of phenols is 1. The van der Waals surface area contributed by atoms with Crippen LogP contribution in [0.2, 0.25) is 0 Å². The van der Waals surface area contributed by atoms with Gasteiger partial charge in [0.05, 0.1) is 13.3 Å². The fraction of sp³-hybridized carbons (Fsp3) is 0.231. The van der Waals surface area contributed by atoms with Crippen LogP contribution < -0.4 is 14.9 Å². The Hall–Kier alpha value is -3.91. The van der Waals surface area contributed by atoms with Crippen LogP contribution in [-0.4, -0.2) is 48.9 Å². The zero-order valence-electron chi connectivity index (χ0n) is 18.8. The largest absolute Gasteiger partial charge is 0.505 e. The van der Waals surface area contributed by atoms with Crippen molar-refractivity contribution in [1.82, 2.24) is 10.3 Å². The number of rotatable bonds is 8. The Morgan fingerprint density at radius 2 is 2.00 bits per heavy atom. The van der Waals surface area contributed by atoms with E-state index in [9.17, 15) is 14.3 Å². The summed E-state index contributed by atoms with van der Waals surface area (Å²) < 4.78 is 24.8. The molecular formula is C26H26FN3O4. The predicted octanol–water partition coefficient (Wildman–Crippen LogP) is 3.74. The number of phenolic OH excluding ortho intramolecular Hbond substituents is 1. The van der Waals surface area contributed by atoms with Gasteiger partial charge in [-0.15, -0.1) is 0 Å². The van der Waals surface area contributed by atoms with Crippen LogP contribution in [0.4, 0.5) is 4.39 Å². The van der Waals surface area contributed by atoms with E-state index in [1.54, 1.807) is 19.2 Å². The van der Waals surface area contributed by atoms with Crippen molar-refractivity contribution in [2.75, 3.05) is 26.8 Å². The van der Waals surface area contributed by atoms with E-state index in [1.807, 2.05) is 6.07 Å². The van der Waals surface area contributed by atoms with Gasteiger partial charge in [-0.25, -0.2) is 9.82 Å². The molecule has 0 bridgehead atoms. The molecule has 0 fully saturated rings. The van der Waals surface area contributed by atoms with E-state index in [1.165, 1.54) is 23.4 Å². The van der Waals surface area contributed by atoms with Gasteiger partial charge in [-0.1, -0.05) is 24.3 Å². The van der Waals surface area contributed by atoms with Crippen molar-refractivity contribution in [3.05, 3.63) is 88.7 Å². The highest BCUT2D eigenvalue weighted by atomic mass is 19.1. The fourth-order valence-electron chi connectivity index (χ4n) is 3.80. The third-order valence-electron chi connectivity index (χ3n) is 5.67. The van der Waals surface area contributed by atoms with E-state index in [-0.39, 0.29) is 5.56 Å². The van der Waals surface area contributed by atoms with E-state index in [2.05, 4.69) is 39.7 Å². The molecule has 0 saturated heterocycles. The van der Waals surface area contributed by atoms with Gasteiger partial charge in [-0.05, 0) is 47.9 Å². The Labute approximate surface area is 197 Å². The summed E-state index contributed by atoms with van der Waals surface area (Å²) in [6.07, 6.45) is 2.48. The molecule has 1 aliphatic heterocycles. The molecule has 0 aliphatic carbocycles. The van der Waals surface area contributed by atoms with E-state index >= 15 is 0 Å². The first-order valence-electron chi connectivity index (χ1n) is 11.0. The van der Waals surface area contributed by atoms with Gasteiger partial charge < -0.3 is 14.6 Å². The van der Waals surface area contributed by atoms with Crippen molar-refractivity contribution >= 4 is 12.1 Å². The minimum Gasteiger partial charge on any atom is -0.505 e. The molecule has 1 amide bonds. The van der Waals surface area contributed by atoms with Crippen LogP contribution >= 0.6 is 0 Å². The first kappa shape index (κ1) is 23.3. The van der Waals surface area contributed by atoms with Gasteiger partial charge >= 0.3 is 0 Å². The molecule has 3 aromatic carbocycles. The molecule has 1 heterocycles. The maximum absolute atomic E-state index is 13.4. The number of carbonyl (C=O) groups excluding carboxylic acids is 1. The average molecular weight is 464 g/mol. The summed E-state index contributed by atoms with van der Waals surface area (Å²) in [5, 5.41) is 13.1. The van der Waals surface area contributed by atoms with Crippen LogP contribution in [0.5, 0.6) is 17.2 Å². The summed E-state index contributed by atoms with van der Waals surface area (Å²) in [6, 6.07) is 17.3. The first-order valence-corrected chi connectivity index (χ1v) is 11.0. The van der Waals surface area contributed by atoms with Crippen molar-refractivity contribution in [2.45, 2.75) is 13.0 Å². The van der Waals surface area contributed by atoms with Gasteiger partial charge in [0, 0.05) is 36.8 Å². The number of fused-ring (bicyclic) bond motifs is 1. The molecule has 176 valence electrons. The molecule has 0 spiro atoms. The molecule has 2 N–H and O–H groups in total. The van der Waals surface area contributed by atoms with Gasteiger partial charge in [0.25, 0.3) is 5.91 Å². The van der Waals surface area contributed by atoms with Crippen LogP contribution in [0, 0.1) is 5.82 Å². The standard InChI is InChI=1S/C26H26FN3O4/c1-33-25-15-22(34-13-12-30-11-10-18-4-2-3-5-21(18)17-30)8-6-20(25)16-28-29-26(32)19-7-9-24(31)23(27)14-19/h2-9,14-16,31H,10-13,17H2,1H3,(H,29,32)/b28-16+. The quantitative estimate of drug-likeness (QED) is 0.393. The lowest BCUT2D eigenvalue weighted by atomic mass is 10.0. The second-order valence-corrected chi connectivity index (χ2v) is 7.91. The molecule has 4 rings (SSSR count). The number of methoxy groups -OCH3 is 1. The maximum Gasteiger partial charge on any atom is 0.271 e. The van der Waals surface area contributed by atoms with Gasteiger partial charge in [0.2, 0.25) is 0 Å². The summed E-state index contributed by atoms with van der Waals surface area (Å²) in [6.45, 7) is 3.32. The number of halogens is 1. The summed E-state index contributed by atoms with van der Waals surface area (Å²) in [4.78, 5) is 14.5. The SMILES string of the molecule is COc1cc(OCCN2CCc3ccccc3C2)ccc1/C=N/NC(=O)c1ccc(O)c(F)c1. The molecular weight excluding hydrogens is 437 g/mol. The molecule has 3 aromatic rings. The Morgan fingerprint density at radius 1 is 1.18 bits per heavy atom. The van der Waals surface area contributed by atoms with Crippen LogP contribution in [0.3, 0.4) is 0 Å². The Kier molecular flexibility index (Phi) is 7.39. The van der Waals surface area contributed by atoms with Crippen molar-refractivity contribution in [2.24, 2.45) is 5.10 Å². The highest BCUT2D eigenvalue weighted by molar-refractivity contribution is 5.95. The number of hydrogen-bond acceptors (Lipinski definition) is 6. The number of carbonyl (C=O) groups is 1. The summed E-state index contributed by atoms with van der Waals surface area (Å²) in [5.41, 5.74) is 5.81. The number of ether oxygens (including phenoxy) is 2. The van der Waals surface area contributed by atoms with E-state index < -0.39 is 17.5 Å². The molecule has 0 atom stereocenters. The number of hydrogen-bond donors (Lipinski definition) is 2. The highest BCUT2D eigenvalue weighted by Crippen LogP contribution is 2.24. The Bertz CT molecular complexity index is 1200. The molecule has 34 heavy (non-hydrogen) atoms. The number of hydrazone groups is 1. The topological polar surface area (TPSA) is 83.4 Å². The summed E-state index contributed by atoms with van der Waals surface area (Å²) in [7, 11) is 1.54. The highest BCUT2D eigenvalue weighted by Gasteiger charge is 2.15. The zero-order valence-corrected chi connectivity index (χ0v) is 18.8. The monoisotopic (exact) mass is 463 g/mol. The number of nitrogens with one attached hydrogen (secondary N) is 1. The second-order valence-electron chi connectivity index (χ2n) is 7.91. The second kappa shape index (κ2) is 10.8. The molecule has 1 aliphatic rings. The van der Waals surface area contributed by atoms with E-state index in [0.717, 1.165) is 38.2 Å². The molecule has 0 unspecified atom stereocenters. The van der Waals surface area contributed by atoms with Crippen molar-refractivity contribution < 1.29 is 23.8 Å². The normalized spacial score (nSPS) is 13.5. The Morgan fingerprint density at radius 3 is 2.79 bits per heavy atom. The molecule has 0 radical (unpaired) electrons. The van der Waals surface area contributed by atoms with Crippen LogP contribution in [0.15, 0.2) is 65.8 Å². The van der Waals surface area contributed by atoms with Crippen molar-refractivity contribution in [1.29, 1.82) is 0 Å². The van der Waals surface area contributed by atoms with E-state index in [0.29, 0.717) is 23.7 Å². The minimum atomic E-state index is -0.876. The molecule has 0 aromatic heterocycles. The van der Waals surface area contributed by atoms with Crippen LogP contribution in [0.1, 0.15) is 27.0 Å². The number of nitrogens with zero attached hydrogens (tertiary/aromatic N) is 2. The van der Waals surface area contributed by atoms with Crippen molar-refractivity contribution in [3.8, 4) is 17.2 Å². The first-order chi connectivity index (χ1) is 16.5. The van der Waals surface area contributed by atoms with Gasteiger partial charge in [-0.2, -0.15) is 5.10 Å². The number of benzene rings is 3. The Balaban J connectivity index is 1.30. The lowest BCUT2D eigenvalue weighted by Gasteiger charge is -2.28. The molecule has 8 heteroatoms. The fourth-order valence-corrected chi connectivity index (χ4v) is 3.80. The minimum absolute atomic E-state index is 0.0420. The van der Waals surface area contributed by atoms with Gasteiger partial charge in [0.1, 0.15) is 18.1 Å². The van der Waals surface area contributed by atoms with Crippen LogP contribution in [-0.2, 0) is 13.0 Å². The third kappa shape index (κ3) is 5.71. The van der Waals surface area contributed by atoms with Crippen molar-refractivity contribution in [3.63, 3.8) is 0 Å². The predicted molar refractivity (Wildman–Crippen MR) is 127 cm³/mol. The smallest absolute Gasteiger partial charge is 0.271 e. The molecule has 7 nitrogen and oxygen atoms in total.